The minimum Gasteiger partial charge on any atom is -0.489 e. The van der Waals surface area contributed by atoms with E-state index < -0.39 is 0 Å². The van der Waals surface area contributed by atoms with Crippen LogP contribution in [0.15, 0.2) is 24.3 Å². The largest absolute Gasteiger partial charge is 0.489 e. The monoisotopic (exact) mass is 268 g/mol. The second-order valence-corrected chi connectivity index (χ2v) is 4.62. The molecule has 4 nitrogen and oxygen atoms in total. The average Bonchev–Trinajstić information content (AvgIpc) is 2.46. The molecule has 1 atom stereocenters. The molecule has 0 bridgehead atoms. The fraction of sp³-hybridized carbons (Fsp3) is 0.571. The molecule has 1 unspecified atom stereocenters. The van der Waals surface area contributed by atoms with E-state index in [0.717, 1.165) is 32.7 Å². The maximum absolute atomic E-state index is 13.5. The number of hydrogen-bond donors (Lipinski definition) is 1. The fourth-order valence-corrected chi connectivity index (χ4v) is 2.25. The van der Waals surface area contributed by atoms with Gasteiger partial charge in [-0.3, -0.25) is 4.90 Å². The van der Waals surface area contributed by atoms with Gasteiger partial charge in [-0.1, -0.05) is 12.1 Å². The van der Waals surface area contributed by atoms with Crippen LogP contribution in [0, 0.1) is 5.82 Å². The third kappa shape index (κ3) is 4.16. The fourth-order valence-electron chi connectivity index (χ4n) is 2.25. The Morgan fingerprint density at radius 2 is 2.05 bits per heavy atom. The topological polar surface area (TPSA) is 47.7 Å². The van der Waals surface area contributed by atoms with E-state index in [2.05, 4.69) is 4.90 Å². The second-order valence-electron chi connectivity index (χ2n) is 4.62. The summed E-state index contributed by atoms with van der Waals surface area (Å²) in [7, 11) is 0. The smallest absolute Gasteiger partial charge is 0.165 e. The van der Waals surface area contributed by atoms with E-state index in [9.17, 15) is 4.39 Å². The Balaban J connectivity index is 1.91. The number of nitrogens with zero attached hydrogens (tertiary/aromatic N) is 1. The van der Waals surface area contributed by atoms with Gasteiger partial charge < -0.3 is 15.2 Å². The summed E-state index contributed by atoms with van der Waals surface area (Å²) in [4.78, 5) is 2.30. The zero-order chi connectivity index (χ0) is 13.5. The number of nitrogens with two attached hydrogens (primary N) is 1. The molecule has 1 aliphatic rings. The normalized spacial score (nSPS) is 18.2. The molecule has 1 aliphatic heterocycles. The zero-order valence-corrected chi connectivity index (χ0v) is 11.1. The predicted octanol–water partition coefficient (Wildman–Crippen LogP) is 1.25. The molecule has 1 fully saturated rings. The third-order valence-corrected chi connectivity index (χ3v) is 3.33. The number of halogens is 1. The van der Waals surface area contributed by atoms with Crippen molar-refractivity contribution in [2.24, 2.45) is 5.73 Å². The minimum atomic E-state index is -0.323. The molecule has 2 rings (SSSR count). The molecule has 1 heterocycles. The molecule has 2 N–H and O–H groups in total. The number of morpholine rings is 1. The molecule has 1 aromatic rings. The first-order valence-corrected chi connectivity index (χ1v) is 6.70. The van der Waals surface area contributed by atoms with Crippen LogP contribution in [0.2, 0.25) is 0 Å². The standard InChI is InChI=1S/C14H21FN2O2/c15-13-3-1-2-4-14(13)19-11-12(5-6-16)17-7-9-18-10-8-17/h1-4,12H,5-11,16H2. The van der Waals surface area contributed by atoms with Crippen LogP contribution in [-0.2, 0) is 4.74 Å². The highest BCUT2D eigenvalue weighted by atomic mass is 19.1. The first kappa shape index (κ1) is 14.2. The summed E-state index contributed by atoms with van der Waals surface area (Å²) in [5, 5.41) is 0. The van der Waals surface area contributed by atoms with Crippen LogP contribution in [0.3, 0.4) is 0 Å². The van der Waals surface area contributed by atoms with Gasteiger partial charge in [-0.25, -0.2) is 4.39 Å². The lowest BCUT2D eigenvalue weighted by molar-refractivity contribution is 0.00425. The Hall–Kier alpha value is -1.17. The summed E-state index contributed by atoms with van der Waals surface area (Å²) in [5.74, 6) is -0.0197. The van der Waals surface area contributed by atoms with Crippen LogP contribution in [0.4, 0.5) is 4.39 Å². The van der Waals surface area contributed by atoms with Crippen LogP contribution >= 0.6 is 0 Å². The highest BCUT2D eigenvalue weighted by Gasteiger charge is 2.21. The van der Waals surface area contributed by atoms with Crippen LogP contribution in [0.5, 0.6) is 5.75 Å². The zero-order valence-electron chi connectivity index (χ0n) is 11.1. The first-order valence-electron chi connectivity index (χ1n) is 6.70. The van der Waals surface area contributed by atoms with Crippen molar-refractivity contribution >= 4 is 0 Å². The lowest BCUT2D eigenvalue weighted by Gasteiger charge is -2.34. The van der Waals surface area contributed by atoms with E-state index >= 15 is 0 Å². The van der Waals surface area contributed by atoms with Crippen molar-refractivity contribution in [2.45, 2.75) is 12.5 Å². The first-order chi connectivity index (χ1) is 9.31. The van der Waals surface area contributed by atoms with Gasteiger partial charge in [0, 0.05) is 19.1 Å². The van der Waals surface area contributed by atoms with Crippen molar-refractivity contribution < 1.29 is 13.9 Å². The lowest BCUT2D eigenvalue weighted by Crippen LogP contribution is -2.47. The van der Waals surface area contributed by atoms with E-state index in [1.165, 1.54) is 6.07 Å². The van der Waals surface area contributed by atoms with Crippen molar-refractivity contribution in [3.05, 3.63) is 30.1 Å². The number of para-hydroxylation sites is 1. The van der Waals surface area contributed by atoms with Gasteiger partial charge in [0.2, 0.25) is 0 Å². The number of benzene rings is 1. The van der Waals surface area contributed by atoms with E-state index in [-0.39, 0.29) is 11.9 Å². The van der Waals surface area contributed by atoms with Gasteiger partial charge in [-0.05, 0) is 25.1 Å². The molecule has 0 aromatic heterocycles. The molecular formula is C14H21FN2O2. The summed E-state index contributed by atoms with van der Waals surface area (Å²) in [6.07, 6.45) is 0.842. The van der Waals surface area contributed by atoms with E-state index in [4.69, 9.17) is 15.2 Å². The Morgan fingerprint density at radius 1 is 1.32 bits per heavy atom. The molecule has 106 valence electrons. The van der Waals surface area contributed by atoms with Crippen molar-refractivity contribution in [3.8, 4) is 5.75 Å². The van der Waals surface area contributed by atoms with Gasteiger partial charge >= 0.3 is 0 Å². The molecule has 0 spiro atoms. The van der Waals surface area contributed by atoms with Crippen molar-refractivity contribution in [2.75, 3.05) is 39.5 Å². The quantitative estimate of drug-likeness (QED) is 0.843. The molecular weight excluding hydrogens is 247 g/mol. The third-order valence-electron chi connectivity index (χ3n) is 3.33. The molecule has 0 saturated carbocycles. The summed E-state index contributed by atoms with van der Waals surface area (Å²) in [6, 6.07) is 6.69. The highest BCUT2D eigenvalue weighted by Crippen LogP contribution is 2.17. The Morgan fingerprint density at radius 3 is 2.74 bits per heavy atom. The predicted molar refractivity (Wildman–Crippen MR) is 71.7 cm³/mol. The molecule has 0 aliphatic carbocycles. The minimum absolute atomic E-state index is 0.216. The molecule has 19 heavy (non-hydrogen) atoms. The van der Waals surface area contributed by atoms with Crippen molar-refractivity contribution in [1.29, 1.82) is 0 Å². The second kappa shape index (κ2) is 7.43. The summed E-state index contributed by atoms with van der Waals surface area (Å²) in [5.41, 5.74) is 5.65. The number of ether oxygens (including phenoxy) is 2. The lowest BCUT2D eigenvalue weighted by atomic mass is 10.1. The summed E-state index contributed by atoms with van der Waals surface area (Å²) < 4.78 is 24.4. The Kier molecular flexibility index (Phi) is 5.57. The average molecular weight is 268 g/mol. The van der Waals surface area contributed by atoms with Crippen LogP contribution < -0.4 is 10.5 Å². The van der Waals surface area contributed by atoms with Gasteiger partial charge in [0.1, 0.15) is 6.61 Å². The maximum atomic E-state index is 13.5. The van der Waals surface area contributed by atoms with Crippen molar-refractivity contribution in [3.63, 3.8) is 0 Å². The summed E-state index contributed by atoms with van der Waals surface area (Å²) in [6.45, 7) is 4.29. The van der Waals surface area contributed by atoms with Gasteiger partial charge in [0.15, 0.2) is 11.6 Å². The van der Waals surface area contributed by atoms with Gasteiger partial charge in [-0.2, -0.15) is 0 Å². The van der Waals surface area contributed by atoms with Crippen LogP contribution in [0.1, 0.15) is 6.42 Å². The SMILES string of the molecule is NCCC(COc1ccccc1F)N1CCOCC1. The van der Waals surface area contributed by atoms with Gasteiger partial charge in [0.05, 0.1) is 13.2 Å². The molecule has 0 radical (unpaired) electrons. The Labute approximate surface area is 113 Å². The van der Waals surface area contributed by atoms with Gasteiger partial charge in [-0.15, -0.1) is 0 Å². The highest BCUT2D eigenvalue weighted by molar-refractivity contribution is 5.23. The summed E-state index contributed by atoms with van der Waals surface area (Å²) >= 11 is 0. The van der Waals surface area contributed by atoms with E-state index in [0.29, 0.717) is 18.9 Å². The van der Waals surface area contributed by atoms with Crippen molar-refractivity contribution in [1.82, 2.24) is 4.90 Å². The maximum Gasteiger partial charge on any atom is 0.165 e. The van der Waals surface area contributed by atoms with E-state index in [1.807, 2.05) is 0 Å². The number of rotatable bonds is 6. The molecule has 1 saturated heterocycles. The number of hydrogen-bond acceptors (Lipinski definition) is 4. The van der Waals surface area contributed by atoms with Crippen LogP contribution in [-0.4, -0.2) is 50.4 Å². The molecule has 1 aromatic carbocycles. The van der Waals surface area contributed by atoms with Gasteiger partial charge in [0.25, 0.3) is 0 Å². The molecule has 0 amide bonds. The van der Waals surface area contributed by atoms with E-state index in [1.54, 1.807) is 18.2 Å². The molecule has 5 heteroatoms. The van der Waals surface area contributed by atoms with Crippen LogP contribution in [0.25, 0.3) is 0 Å². The Bertz CT molecular complexity index is 383.